The SMILES string of the molecule is C#CCN(CCC)S(=O)(=O)c1ccc(CNC)cc1. The molecule has 1 aromatic rings. The van der Waals surface area contributed by atoms with E-state index in [1.807, 2.05) is 26.1 Å². The summed E-state index contributed by atoms with van der Waals surface area (Å²) < 4.78 is 26.1. The molecule has 1 aromatic carbocycles. The lowest BCUT2D eigenvalue weighted by atomic mass is 10.2. The zero-order chi connectivity index (χ0) is 14.3. The summed E-state index contributed by atoms with van der Waals surface area (Å²) in [6.07, 6.45) is 5.97. The van der Waals surface area contributed by atoms with Crippen molar-refractivity contribution in [1.29, 1.82) is 0 Å². The first kappa shape index (κ1) is 15.7. The highest BCUT2D eigenvalue weighted by atomic mass is 32.2. The molecule has 0 radical (unpaired) electrons. The molecule has 0 aromatic heterocycles. The van der Waals surface area contributed by atoms with E-state index in [4.69, 9.17) is 6.42 Å². The molecule has 104 valence electrons. The lowest BCUT2D eigenvalue weighted by molar-refractivity contribution is 0.445. The number of nitrogens with one attached hydrogen (secondary N) is 1. The first-order chi connectivity index (χ1) is 9.06. The Kier molecular flexibility index (Phi) is 6.03. The first-order valence-electron chi connectivity index (χ1n) is 6.23. The molecule has 0 aliphatic rings. The number of sulfonamides is 1. The highest BCUT2D eigenvalue weighted by Gasteiger charge is 2.22. The quantitative estimate of drug-likeness (QED) is 0.769. The van der Waals surface area contributed by atoms with E-state index in [9.17, 15) is 8.42 Å². The molecule has 0 aliphatic heterocycles. The van der Waals surface area contributed by atoms with Crippen LogP contribution in [-0.2, 0) is 16.6 Å². The summed E-state index contributed by atoms with van der Waals surface area (Å²) in [5.74, 6) is 2.40. The molecule has 0 heterocycles. The third-order valence-corrected chi connectivity index (χ3v) is 4.54. The summed E-state index contributed by atoms with van der Waals surface area (Å²) in [5.41, 5.74) is 1.04. The van der Waals surface area contributed by atoms with Gasteiger partial charge in [0.1, 0.15) is 0 Å². The van der Waals surface area contributed by atoms with E-state index < -0.39 is 10.0 Å². The molecule has 1 N–H and O–H groups in total. The summed E-state index contributed by atoms with van der Waals surface area (Å²) in [4.78, 5) is 0.288. The maximum Gasteiger partial charge on any atom is 0.243 e. The van der Waals surface area contributed by atoms with Crippen LogP contribution in [0.2, 0.25) is 0 Å². The van der Waals surface area contributed by atoms with E-state index in [0.717, 1.165) is 12.0 Å². The number of hydrogen-bond acceptors (Lipinski definition) is 3. The molecule has 0 atom stereocenters. The average molecular weight is 280 g/mol. The minimum atomic E-state index is -3.49. The van der Waals surface area contributed by atoms with Gasteiger partial charge in [-0.1, -0.05) is 25.0 Å². The van der Waals surface area contributed by atoms with Crippen LogP contribution in [0.5, 0.6) is 0 Å². The van der Waals surface area contributed by atoms with Crippen LogP contribution in [0.4, 0.5) is 0 Å². The van der Waals surface area contributed by atoms with Crippen molar-refractivity contribution in [2.45, 2.75) is 24.8 Å². The minimum absolute atomic E-state index is 0.106. The second-order valence-corrected chi connectivity index (χ2v) is 6.15. The summed E-state index contributed by atoms with van der Waals surface area (Å²) in [6, 6.07) is 6.87. The van der Waals surface area contributed by atoms with Gasteiger partial charge in [0.2, 0.25) is 10.0 Å². The van der Waals surface area contributed by atoms with E-state index in [0.29, 0.717) is 13.1 Å². The Labute approximate surface area is 115 Å². The number of nitrogens with zero attached hydrogens (tertiary/aromatic N) is 1. The molecule has 0 unspecified atom stereocenters. The predicted octanol–water partition coefficient (Wildman–Crippen LogP) is 1.44. The van der Waals surface area contributed by atoms with Crippen molar-refractivity contribution in [2.24, 2.45) is 0 Å². The van der Waals surface area contributed by atoms with Crippen LogP contribution in [0.25, 0.3) is 0 Å². The molecule has 19 heavy (non-hydrogen) atoms. The monoisotopic (exact) mass is 280 g/mol. The summed E-state index contributed by atoms with van der Waals surface area (Å²) >= 11 is 0. The third-order valence-electron chi connectivity index (χ3n) is 2.68. The zero-order valence-corrected chi connectivity index (χ0v) is 12.2. The molecule has 0 saturated heterocycles. The Bertz CT molecular complexity index is 530. The minimum Gasteiger partial charge on any atom is -0.316 e. The molecule has 0 bridgehead atoms. The first-order valence-corrected chi connectivity index (χ1v) is 7.67. The molecule has 0 amide bonds. The second-order valence-electron chi connectivity index (χ2n) is 4.22. The van der Waals surface area contributed by atoms with E-state index in [1.165, 1.54) is 4.31 Å². The highest BCUT2D eigenvalue weighted by molar-refractivity contribution is 7.89. The summed E-state index contributed by atoms with van der Waals surface area (Å²) in [6.45, 7) is 3.18. The van der Waals surface area contributed by atoms with Crippen LogP contribution in [0.1, 0.15) is 18.9 Å². The third kappa shape index (κ3) is 4.06. The van der Waals surface area contributed by atoms with Gasteiger partial charge in [0.15, 0.2) is 0 Å². The van der Waals surface area contributed by atoms with E-state index in [-0.39, 0.29) is 11.4 Å². The van der Waals surface area contributed by atoms with E-state index >= 15 is 0 Å². The van der Waals surface area contributed by atoms with Crippen molar-refractivity contribution >= 4 is 10.0 Å². The Morgan fingerprint density at radius 2 is 1.95 bits per heavy atom. The van der Waals surface area contributed by atoms with Gasteiger partial charge in [0.25, 0.3) is 0 Å². The largest absolute Gasteiger partial charge is 0.316 e. The van der Waals surface area contributed by atoms with Gasteiger partial charge in [-0.25, -0.2) is 8.42 Å². The van der Waals surface area contributed by atoms with Crippen LogP contribution < -0.4 is 5.32 Å². The maximum atomic E-state index is 12.4. The number of terminal acetylenes is 1. The lowest BCUT2D eigenvalue weighted by Gasteiger charge is -2.19. The van der Waals surface area contributed by atoms with Crippen LogP contribution in [0, 0.1) is 12.3 Å². The summed E-state index contributed by atoms with van der Waals surface area (Å²) in [5, 5.41) is 3.02. The van der Waals surface area contributed by atoms with Crippen molar-refractivity contribution in [3.05, 3.63) is 29.8 Å². The van der Waals surface area contributed by atoms with Crippen molar-refractivity contribution in [1.82, 2.24) is 9.62 Å². The fraction of sp³-hybridized carbons (Fsp3) is 0.429. The Balaban J connectivity index is 3.01. The average Bonchev–Trinajstić information content (AvgIpc) is 2.39. The molecule has 0 aliphatic carbocycles. The predicted molar refractivity (Wildman–Crippen MR) is 77.1 cm³/mol. The molecule has 1 rings (SSSR count). The Morgan fingerprint density at radius 3 is 2.42 bits per heavy atom. The molecule has 5 heteroatoms. The van der Waals surface area contributed by atoms with Crippen molar-refractivity contribution in [2.75, 3.05) is 20.1 Å². The Hall–Kier alpha value is -1.35. The normalized spacial score (nSPS) is 11.5. The van der Waals surface area contributed by atoms with Gasteiger partial charge in [-0.15, -0.1) is 6.42 Å². The van der Waals surface area contributed by atoms with E-state index in [1.54, 1.807) is 12.1 Å². The smallest absolute Gasteiger partial charge is 0.243 e. The van der Waals surface area contributed by atoms with Gasteiger partial charge in [0, 0.05) is 13.1 Å². The van der Waals surface area contributed by atoms with Crippen molar-refractivity contribution in [3.8, 4) is 12.3 Å². The van der Waals surface area contributed by atoms with Gasteiger partial charge in [0.05, 0.1) is 11.4 Å². The highest BCUT2D eigenvalue weighted by Crippen LogP contribution is 2.16. The molecule has 0 spiro atoms. The van der Waals surface area contributed by atoms with Crippen molar-refractivity contribution in [3.63, 3.8) is 0 Å². The van der Waals surface area contributed by atoms with Crippen LogP contribution in [0.3, 0.4) is 0 Å². The van der Waals surface area contributed by atoms with E-state index in [2.05, 4.69) is 11.2 Å². The zero-order valence-electron chi connectivity index (χ0n) is 11.4. The lowest BCUT2D eigenvalue weighted by Crippen LogP contribution is -2.32. The number of rotatable bonds is 7. The van der Waals surface area contributed by atoms with Crippen LogP contribution in [-0.4, -0.2) is 32.9 Å². The standard InChI is InChI=1S/C14H20N2O2S/c1-4-10-16(11-5-2)19(17,18)14-8-6-13(7-9-14)12-15-3/h1,6-9,15H,5,10-12H2,2-3H3. The molecular formula is C14H20N2O2S. The molecule has 0 saturated carbocycles. The van der Waals surface area contributed by atoms with Crippen molar-refractivity contribution < 1.29 is 8.42 Å². The van der Waals surface area contributed by atoms with Gasteiger partial charge in [-0.05, 0) is 31.2 Å². The maximum absolute atomic E-state index is 12.4. The molecule has 0 fully saturated rings. The van der Waals surface area contributed by atoms with Gasteiger partial charge in [-0.3, -0.25) is 0 Å². The van der Waals surface area contributed by atoms with Crippen LogP contribution >= 0.6 is 0 Å². The molecule has 4 nitrogen and oxygen atoms in total. The fourth-order valence-corrected chi connectivity index (χ4v) is 3.21. The van der Waals surface area contributed by atoms with Gasteiger partial charge >= 0.3 is 0 Å². The molecular weight excluding hydrogens is 260 g/mol. The van der Waals surface area contributed by atoms with Crippen LogP contribution in [0.15, 0.2) is 29.2 Å². The van der Waals surface area contributed by atoms with Gasteiger partial charge < -0.3 is 5.32 Å². The van der Waals surface area contributed by atoms with Gasteiger partial charge in [-0.2, -0.15) is 4.31 Å². The Morgan fingerprint density at radius 1 is 1.32 bits per heavy atom. The fourth-order valence-electron chi connectivity index (χ4n) is 1.77. The second kappa shape index (κ2) is 7.29. The number of benzene rings is 1. The summed E-state index contributed by atoms with van der Waals surface area (Å²) in [7, 11) is -1.64. The number of hydrogen-bond donors (Lipinski definition) is 1. The topological polar surface area (TPSA) is 49.4 Å².